The van der Waals surface area contributed by atoms with Gasteiger partial charge in [0.15, 0.2) is 0 Å². The van der Waals surface area contributed by atoms with Crippen LogP contribution < -0.4 is 10.6 Å². The molecule has 0 heterocycles. The lowest BCUT2D eigenvalue weighted by Gasteiger charge is -2.42. The van der Waals surface area contributed by atoms with Crippen LogP contribution in [0.2, 0.25) is 5.02 Å². The zero-order valence-electron chi connectivity index (χ0n) is 21.0. The van der Waals surface area contributed by atoms with E-state index in [4.69, 9.17) is 16.3 Å². The van der Waals surface area contributed by atoms with Crippen LogP contribution in [-0.4, -0.2) is 41.0 Å². The van der Waals surface area contributed by atoms with Crippen LogP contribution in [0.4, 0.5) is 10.5 Å². The van der Waals surface area contributed by atoms with Crippen molar-refractivity contribution in [2.24, 2.45) is 0 Å². The van der Waals surface area contributed by atoms with Gasteiger partial charge in [0.1, 0.15) is 18.2 Å². The molecule has 1 atom stereocenters. The molecular weight excluding hydrogens is 466 g/mol. The molecule has 0 aromatic heterocycles. The predicted molar refractivity (Wildman–Crippen MR) is 137 cm³/mol. The number of aryl methyl sites for hydroxylation is 2. The Morgan fingerprint density at radius 2 is 1.74 bits per heavy atom. The van der Waals surface area contributed by atoms with E-state index in [0.29, 0.717) is 16.3 Å². The molecule has 7 nitrogen and oxygen atoms in total. The van der Waals surface area contributed by atoms with Crippen LogP contribution in [0.5, 0.6) is 0 Å². The van der Waals surface area contributed by atoms with Crippen LogP contribution in [0.15, 0.2) is 42.5 Å². The molecule has 188 valence electrons. The van der Waals surface area contributed by atoms with E-state index in [-0.39, 0.29) is 24.4 Å². The van der Waals surface area contributed by atoms with E-state index in [1.54, 1.807) is 31.7 Å². The molecule has 2 aromatic carbocycles. The van der Waals surface area contributed by atoms with Gasteiger partial charge in [-0.3, -0.25) is 9.59 Å². The summed E-state index contributed by atoms with van der Waals surface area (Å²) in [5.74, 6) is -0.709. The topological polar surface area (TPSA) is 87.7 Å². The molecule has 1 aliphatic carbocycles. The Morgan fingerprint density at radius 1 is 1.09 bits per heavy atom. The van der Waals surface area contributed by atoms with Crippen molar-refractivity contribution in [1.29, 1.82) is 0 Å². The number of para-hydroxylation sites is 1. The molecule has 2 N–H and O–H groups in total. The minimum absolute atomic E-state index is 0.104. The number of rotatable bonds is 7. The second-order valence-corrected chi connectivity index (χ2v) is 10.4. The number of carbonyl (C=O) groups excluding carboxylic acids is 3. The first-order valence-corrected chi connectivity index (χ1v) is 12.2. The molecule has 8 heteroatoms. The lowest BCUT2D eigenvalue weighted by atomic mass is 9.88. The van der Waals surface area contributed by atoms with Crippen molar-refractivity contribution in [3.8, 4) is 0 Å². The normalized spacial score (nSPS) is 14.5. The van der Waals surface area contributed by atoms with Gasteiger partial charge in [0.05, 0.1) is 10.7 Å². The molecule has 1 unspecified atom stereocenters. The van der Waals surface area contributed by atoms with Gasteiger partial charge in [0, 0.05) is 6.04 Å². The van der Waals surface area contributed by atoms with Crippen molar-refractivity contribution < 1.29 is 19.1 Å². The summed E-state index contributed by atoms with van der Waals surface area (Å²) in [7, 11) is 0. The molecule has 0 saturated heterocycles. The van der Waals surface area contributed by atoms with Crippen molar-refractivity contribution in [3.05, 3.63) is 64.2 Å². The van der Waals surface area contributed by atoms with Gasteiger partial charge >= 0.3 is 6.09 Å². The molecule has 1 fully saturated rings. The summed E-state index contributed by atoms with van der Waals surface area (Å²) in [4.78, 5) is 41.0. The minimum atomic E-state index is -0.885. The highest BCUT2D eigenvalue weighted by molar-refractivity contribution is 6.34. The van der Waals surface area contributed by atoms with Crippen molar-refractivity contribution in [1.82, 2.24) is 10.2 Å². The number of ether oxygens (including phenoxy) is 1. The van der Waals surface area contributed by atoms with Gasteiger partial charge in [0.25, 0.3) is 5.91 Å². The summed E-state index contributed by atoms with van der Waals surface area (Å²) in [6.07, 6.45) is 1.87. The van der Waals surface area contributed by atoms with Gasteiger partial charge < -0.3 is 20.3 Å². The summed E-state index contributed by atoms with van der Waals surface area (Å²) in [6.45, 7) is 8.82. The number of hydrogen-bond acceptors (Lipinski definition) is 4. The van der Waals surface area contributed by atoms with Crippen LogP contribution >= 0.6 is 11.6 Å². The van der Waals surface area contributed by atoms with Gasteiger partial charge in [-0.15, -0.1) is 0 Å². The third-order valence-corrected chi connectivity index (χ3v) is 6.24. The first-order chi connectivity index (χ1) is 16.5. The highest BCUT2D eigenvalue weighted by Gasteiger charge is 2.39. The first kappa shape index (κ1) is 26.5. The molecule has 0 radical (unpaired) electrons. The summed E-state index contributed by atoms with van der Waals surface area (Å²) in [5.41, 5.74) is 2.39. The Bertz CT molecular complexity index is 1050. The predicted octanol–water partition coefficient (Wildman–Crippen LogP) is 5.54. The number of hydrogen-bond donors (Lipinski definition) is 2. The molecule has 2 aromatic rings. The van der Waals surface area contributed by atoms with E-state index >= 15 is 0 Å². The van der Waals surface area contributed by atoms with Crippen LogP contribution in [0.25, 0.3) is 0 Å². The van der Waals surface area contributed by atoms with Crippen LogP contribution in [0, 0.1) is 13.8 Å². The molecule has 0 aliphatic heterocycles. The quantitative estimate of drug-likeness (QED) is 0.523. The Hall–Kier alpha value is -3.06. The standard InChI is InChI=1S/C27H34ClN3O4/c1-17-12-14-19(15-13-17)24(25(33)30-23-18(2)8-6-11-21(23)28)31(20-9-7-10-20)22(32)16-29-26(34)35-27(3,4)5/h6,8,11-15,20,24H,7,9-10,16H2,1-5H3,(H,29,34)(H,30,33). The number of benzene rings is 2. The van der Waals surface area contributed by atoms with E-state index < -0.39 is 17.7 Å². The maximum atomic E-state index is 13.7. The Balaban J connectivity index is 1.91. The molecule has 35 heavy (non-hydrogen) atoms. The summed E-state index contributed by atoms with van der Waals surface area (Å²) in [6, 6.07) is 12.0. The fourth-order valence-electron chi connectivity index (χ4n) is 3.95. The van der Waals surface area contributed by atoms with E-state index in [2.05, 4.69) is 10.6 Å². The maximum absolute atomic E-state index is 13.7. The number of carbonyl (C=O) groups is 3. The lowest BCUT2D eigenvalue weighted by molar-refractivity contribution is -0.143. The number of nitrogens with zero attached hydrogens (tertiary/aromatic N) is 1. The number of alkyl carbamates (subject to hydrolysis) is 1. The van der Waals surface area contributed by atoms with E-state index in [1.807, 2.05) is 50.2 Å². The minimum Gasteiger partial charge on any atom is -0.444 e. The van der Waals surface area contributed by atoms with Gasteiger partial charge in [0.2, 0.25) is 5.91 Å². The van der Waals surface area contributed by atoms with Gasteiger partial charge in [-0.1, -0.05) is 53.6 Å². The Morgan fingerprint density at radius 3 is 2.29 bits per heavy atom. The van der Waals surface area contributed by atoms with Crippen molar-refractivity contribution in [3.63, 3.8) is 0 Å². The lowest BCUT2D eigenvalue weighted by Crippen LogP contribution is -2.53. The van der Waals surface area contributed by atoms with Crippen molar-refractivity contribution >= 4 is 35.2 Å². The van der Waals surface area contributed by atoms with E-state index in [0.717, 1.165) is 30.4 Å². The monoisotopic (exact) mass is 499 g/mol. The number of amides is 3. The zero-order chi connectivity index (χ0) is 25.8. The van der Waals surface area contributed by atoms with Gasteiger partial charge in [-0.2, -0.15) is 0 Å². The SMILES string of the molecule is Cc1ccc(C(C(=O)Nc2c(C)cccc2Cl)N(C(=O)CNC(=O)OC(C)(C)C)C2CCC2)cc1. The average molecular weight is 500 g/mol. The molecule has 1 saturated carbocycles. The highest BCUT2D eigenvalue weighted by Crippen LogP contribution is 2.35. The third-order valence-electron chi connectivity index (χ3n) is 5.93. The smallest absolute Gasteiger partial charge is 0.408 e. The molecule has 3 rings (SSSR count). The summed E-state index contributed by atoms with van der Waals surface area (Å²) in [5, 5.41) is 5.91. The highest BCUT2D eigenvalue weighted by atomic mass is 35.5. The fraction of sp³-hybridized carbons (Fsp3) is 0.444. The maximum Gasteiger partial charge on any atom is 0.408 e. The molecule has 1 aliphatic rings. The Kier molecular flexibility index (Phi) is 8.43. The largest absolute Gasteiger partial charge is 0.444 e. The third kappa shape index (κ3) is 6.98. The number of nitrogens with one attached hydrogen (secondary N) is 2. The Labute approximate surface area is 212 Å². The molecule has 0 spiro atoms. The van der Waals surface area contributed by atoms with E-state index in [1.165, 1.54) is 0 Å². The van der Waals surface area contributed by atoms with E-state index in [9.17, 15) is 14.4 Å². The molecule has 3 amide bonds. The second kappa shape index (κ2) is 11.1. The fourth-order valence-corrected chi connectivity index (χ4v) is 4.21. The zero-order valence-corrected chi connectivity index (χ0v) is 21.7. The summed E-state index contributed by atoms with van der Waals surface area (Å²) < 4.78 is 5.27. The van der Waals surface area contributed by atoms with Crippen molar-refractivity contribution in [2.45, 2.75) is 71.6 Å². The van der Waals surface area contributed by atoms with Gasteiger partial charge in [-0.05, 0) is 71.1 Å². The van der Waals surface area contributed by atoms with Gasteiger partial charge in [-0.25, -0.2) is 4.79 Å². The average Bonchev–Trinajstić information content (AvgIpc) is 2.73. The first-order valence-electron chi connectivity index (χ1n) is 11.9. The van der Waals surface area contributed by atoms with Crippen LogP contribution in [0.3, 0.4) is 0 Å². The second-order valence-electron chi connectivity index (χ2n) is 9.98. The summed E-state index contributed by atoms with van der Waals surface area (Å²) >= 11 is 6.37. The van der Waals surface area contributed by atoms with Crippen molar-refractivity contribution in [2.75, 3.05) is 11.9 Å². The molecule has 0 bridgehead atoms. The number of anilines is 1. The number of halogens is 1. The molecular formula is C27H34ClN3O4. The van der Waals surface area contributed by atoms with Crippen LogP contribution in [0.1, 0.15) is 62.8 Å². The van der Waals surface area contributed by atoms with Crippen LogP contribution in [-0.2, 0) is 14.3 Å².